The SMILES string of the molecule is CCCc1nc(CC2CNCCO2)cs1. The summed E-state index contributed by atoms with van der Waals surface area (Å²) in [6, 6.07) is 0. The molecule has 1 N–H and O–H groups in total. The smallest absolute Gasteiger partial charge is 0.0928 e. The Labute approximate surface area is 94.9 Å². The molecule has 1 aliphatic heterocycles. The third kappa shape index (κ3) is 3.26. The van der Waals surface area contributed by atoms with Crippen LogP contribution in [-0.4, -0.2) is 30.8 Å². The predicted molar refractivity (Wildman–Crippen MR) is 62.4 cm³/mol. The van der Waals surface area contributed by atoms with Gasteiger partial charge in [-0.2, -0.15) is 0 Å². The molecule has 0 bridgehead atoms. The number of hydrogen-bond donors (Lipinski definition) is 1. The van der Waals surface area contributed by atoms with Crippen molar-refractivity contribution in [2.75, 3.05) is 19.7 Å². The molecule has 1 saturated heterocycles. The van der Waals surface area contributed by atoms with E-state index in [4.69, 9.17) is 4.74 Å². The number of nitrogens with zero attached hydrogens (tertiary/aromatic N) is 1. The standard InChI is InChI=1S/C11H18N2OS/c1-2-3-11-13-9(8-15-11)6-10-7-12-4-5-14-10/h8,10,12H,2-7H2,1H3. The van der Waals surface area contributed by atoms with Gasteiger partial charge < -0.3 is 10.1 Å². The van der Waals surface area contributed by atoms with E-state index in [0.717, 1.165) is 32.5 Å². The third-order valence-electron chi connectivity index (χ3n) is 2.50. The molecule has 15 heavy (non-hydrogen) atoms. The summed E-state index contributed by atoms with van der Waals surface area (Å²) >= 11 is 1.78. The molecule has 1 aliphatic rings. The maximum Gasteiger partial charge on any atom is 0.0928 e. The quantitative estimate of drug-likeness (QED) is 0.847. The molecule has 0 radical (unpaired) electrons. The Balaban J connectivity index is 1.86. The van der Waals surface area contributed by atoms with Gasteiger partial charge in [-0.3, -0.25) is 0 Å². The molecule has 2 rings (SSSR count). The zero-order valence-corrected chi connectivity index (χ0v) is 9.98. The van der Waals surface area contributed by atoms with E-state index in [-0.39, 0.29) is 0 Å². The lowest BCUT2D eigenvalue weighted by atomic mass is 10.2. The number of aromatic nitrogens is 1. The van der Waals surface area contributed by atoms with Crippen LogP contribution >= 0.6 is 11.3 Å². The minimum absolute atomic E-state index is 0.315. The highest BCUT2D eigenvalue weighted by Crippen LogP contribution is 2.14. The number of aryl methyl sites for hydroxylation is 1. The molecule has 0 saturated carbocycles. The summed E-state index contributed by atoms with van der Waals surface area (Å²) in [6.45, 7) is 4.96. The van der Waals surface area contributed by atoms with Crippen molar-refractivity contribution in [3.63, 3.8) is 0 Å². The van der Waals surface area contributed by atoms with Crippen molar-refractivity contribution in [1.29, 1.82) is 0 Å². The zero-order chi connectivity index (χ0) is 10.5. The number of rotatable bonds is 4. The van der Waals surface area contributed by atoms with E-state index in [1.807, 2.05) is 0 Å². The first-order chi connectivity index (χ1) is 7.38. The summed E-state index contributed by atoms with van der Waals surface area (Å²) in [7, 11) is 0. The highest BCUT2D eigenvalue weighted by atomic mass is 32.1. The van der Waals surface area contributed by atoms with Crippen LogP contribution in [0.15, 0.2) is 5.38 Å². The lowest BCUT2D eigenvalue weighted by Crippen LogP contribution is -2.39. The number of thiazole rings is 1. The fraction of sp³-hybridized carbons (Fsp3) is 0.727. The van der Waals surface area contributed by atoms with E-state index >= 15 is 0 Å². The molecule has 1 atom stereocenters. The van der Waals surface area contributed by atoms with Crippen LogP contribution in [0.25, 0.3) is 0 Å². The van der Waals surface area contributed by atoms with Gasteiger partial charge in [0, 0.05) is 24.9 Å². The normalized spacial score (nSPS) is 21.8. The van der Waals surface area contributed by atoms with Crippen LogP contribution < -0.4 is 5.32 Å². The molecular weight excluding hydrogens is 208 g/mol. The van der Waals surface area contributed by atoms with Gasteiger partial charge in [-0.15, -0.1) is 11.3 Å². The molecule has 1 unspecified atom stereocenters. The first-order valence-corrected chi connectivity index (χ1v) is 6.52. The Morgan fingerprint density at radius 2 is 2.60 bits per heavy atom. The lowest BCUT2D eigenvalue weighted by Gasteiger charge is -2.22. The van der Waals surface area contributed by atoms with Crippen molar-refractivity contribution in [3.8, 4) is 0 Å². The highest BCUT2D eigenvalue weighted by Gasteiger charge is 2.15. The molecule has 84 valence electrons. The number of hydrogen-bond acceptors (Lipinski definition) is 4. The van der Waals surface area contributed by atoms with Crippen LogP contribution in [0.3, 0.4) is 0 Å². The van der Waals surface area contributed by atoms with Gasteiger partial charge in [0.15, 0.2) is 0 Å². The first kappa shape index (κ1) is 11.0. The van der Waals surface area contributed by atoms with Crippen molar-refractivity contribution < 1.29 is 4.74 Å². The number of nitrogens with one attached hydrogen (secondary N) is 1. The number of morpholine rings is 1. The van der Waals surface area contributed by atoms with Crippen LogP contribution in [0.5, 0.6) is 0 Å². The van der Waals surface area contributed by atoms with Crippen molar-refractivity contribution in [2.24, 2.45) is 0 Å². The van der Waals surface area contributed by atoms with Crippen molar-refractivity contribution in [3.05, 3.63) is 16.1 Å². The molecule has 3 nitrogen and oxygen atoms in total. The minimum atomic E-state index is 0.315. The minimum Gasteiger partial charge on any atom is -0.375 e. The molecule has 0 amide bonds. The van der Waals surface area contributed by atoms with Gasteiger partial charge in [0.25, 0.3) is 0 Å². The van der Waals surface area contributed by atoms with E-state index in [0.29, 0.717) is 6.10 Å². The first-order valence-electron chi connectivity index (χ1n) is 5.64. The van der Waals surface area contributed by atoms with Crippen molar-refractivity contribution in [2.45, 2.75) is 32.3 Å². The Morgan fingerprint density at radius 1 is 1.67 bits per heavy atom. The summed E-state index contributed by atoms with van der Waals surface area (Å²) in [5.74, 6) is 0. The van der Waals surface area contributed by atoms with E-state index in [1.54, 1.807) is 11.3 Å². The molecule has 4 heteroatoms. The summed E-state index contributed by atoms with van der Waals surface area (Å²) < 4.78 is 5.65. The average Bonchev–Trinajstić information content (AvgIpc) is 2.68. The topological polar surface area (TPSA) is 34.2 Å². The van der Waals surface area contributed by atoms with Gasteiger partial charge in [-0.05, 0) is 12.8 Å². The Bertz CT molecular complexity index is 295. The van der Waals surface area contributed by atoms with E-state index in [9.17, 15) is 0 Å². The second-order valence-corrected chi connectivity index (χ2v) is 4.83. The fourth-order valence-corrected chi connectivity index (χ4v) is 2.67. The maximum absolute atomic E-state index is 5.65. The van der Waals surface area contributed by atoms with Crippen molar-refractivity contribution >= 4 is 11.3 Å². The zero-order valence-electron chi connectivity index (χ0n) is 9.16. The van der Waals surface area contributed by atoms with Gasteiger partial charge in [0.1, 0.15) is 0 Å². The summed E-state index contributed by atoms with van der Waals surface area (Å²) in [6.07, 6.45) is 3.55. The van der Waals surface area contributed by atoms with Crippen LogP contribution in [-0.2, 0) is 17.6 Å². The second-order valence-electron chi connectivity index (χ2n) is 3.88. The monoisotopic (exact) mass is 226 g/mol. The fourth-order valence-electron chi connectivity index (χ4n) is 1.76. The molecule has 1 aromatic rings. The van der Waals surface area contributed by atoms with Crippen LogP contribution in [0, 0.1) is 0 Å². The van der Waals surface area contributed by atoms with Crippen molar-refractivity contribution in [1.82, 2.24) is 10.3 Å². The Morgan fingerprint density at radius 3 is 3.33 bits per heavy atom. The molecule has 0 aliphatic carbocycles. The Kier molecular flexibility index (Phi) is 4.11. The summed E-state index contributed by atoms with van der Waals surface area (Å²) in [5, 5.41) is 6.77. The van der Waals surface area contributed by atoms with E-state index in [1.165, 1.54) is 17.1 Å². The molecular formula is C11H18N2OS. The molecule has 0 spiro atoms. The summed E-state index contributed by atoms with van der Waals surface area (Å²) in [5.41, 5.74) is 1.19. The molecule has 2 heterocycles. The van der Waals surface area contributed by atoms with Gasteiger partial charge in [-0.25, -0.2) is 4.98 Å². The molecule has 1 aromatic heterocycles. The molecule has 1 fully saturated rings. The lowest BCUT2D eigenvalue weighted by molar-refractivity contribution is 0.0287. The Hall–Kier alpha value is -0.450. The van der Waals surface area contributed by atoms with E-state index < -0.39 is 0 Å². The van der Waals surface area contributed by atoms with Gasteiger partial charge in [0.05, 0.1) is 23.4 Å². The maximum atomic E-state index is 5.65. The van der Waals surface area contributed by atoms with Gasteiger partial charge in [0.2, 0.25) is 0 Å². The van der Waals surface area contributed by atoms with Crippen LogP contribution in [0.1, 0.15) is 24.0 Å². The van der Waals surface area contributed by atoms with Gasteiger partial charge >= 0.3 is 0 Å². The predicted octanol–water partition coefficient (Wildman–Crippen LogP) is 1.63. The largest absolute Gasteiger partial charge is 0.375 e. The average molecular weight is 226 g/mol. The summed E-state index contributed by atoms with van der Waals surface area (Å²) in [4.78, 5) is 4.60. The number of ether oxygens (including phenoxy) is 1. The second kappa shape index (κ2) is 5.58. The van der Waals surface area contributed by atoms with Crippen LogP contribution in [0.4, 0.5) is 0 Å². The van der Waals surface area contributed by atoms with E-state index in [2.05, 4.69) is 22.6 Å². The van der Waals surface area contributed by atoms with Crippen LogP contribution in [0.2, 0.25) is 0 Å². The third-order valence-corrected chi connectivity index (χ3v) is 3.46. The molecule has 0 aromatic carbocycles. The van der Waals surface area contributed by atoms with Gasteiger partial charge in [-0.1, -0.05) is 6.92 Å². The highest BCUT2D eigenvalue weighted by molar-refractivity contribution is 7.09.